The van der Waals surface area contributed by atoms with E-state index in [9.17, 15) is 14.4 Å². The van der Waals surface area contributed by atoms with Crippen molar-refractivity contribution in [1.29, 1.82) is 0 Å². The predicted molar refractivity (Wildman–Crippen MR) is 71.3 cm³/mol. The molecule has 0 aromatic carbocycles. The Morgan fingerprint density at radius 2 is 2.05 bits per heavy atom. The van der Waals surface area contributed by atoms with Gasteiger partial charge in [-0.3, -0.25) is 4.79 Å². The van der Waals surface area contributed by atoms with Crippen LogP contribution in [0.2, 0.25) is 0 Å². The minimum Gasteiger partial charge on any atom is -0.481 e. The highest BCUT2D eigenvalue weighted by molar-refractivity contribution is 5.83. The molecule has 0 radical (unpaired) electrons. The van der Waals surface area contributed by atoms with Crippen LogP contribution >= 0.6 is 0 Å². The molecule has 2 amide bonds. The Kier molecular flexibility index (Phi) is 6.27. The van der Waals surface area contributed by atoms with Crippen LogP contribution in [0.3, 0.4) is 0 Å². The van der Waals surface area contributed by atoms with Gasteiger partial charge in [-0.25, -0.2) is 9.59 Å². The Morgan fingerprint density at radius 3 is 2.65 bits per heavy atom. The number of amides is 2. The van der Waals surface area contributed by atoms with Crippen LogP contribution in [0.1, 0.15) is 32.1 Å². The molecule has 0 bridgehead atoms. The fourth-order valence-electron chi connectivity index (χ4n) is 2.32. The molecule has 20 heavy (non-hydrogen) atoms. The zero-order valence-corrected chi connectivity index (χ0v) is 12.0. The lowest BCUT2D eigenvalue weighted by Crippen LogP contribution is -2.52. The third-order valence-corrected chi connectivity index (χ3v) is 3.43. The van der Waals surface area contributed by atoms with Gasteiger partial charge in [-0.1, -0.05) is 0 Å². The SMILES string of the molecule is COC(=O)C1CCCCN1C(=O)N(C)CCCC(=O)O. The van der Waals surface area contributed by atoms with E-state index in [1.54, 1.807) is 7.05 Å². The number of ether oxygens (including phenoxy) is 1. The first-order chi connectivity index (χ1) is 9.47. The number of urea groups is 1. The summed E-state index contributed by atoms with van der Waals surface area (Å²) in [7, 11) is 2.93. The largest absolute Gasteiger partial charge is 0.481 e. The maximum absolute atomic E-state index is 12.3. The lowest BCUT2D eigenvalue weighted by Gasteiger charge is -2.36. The van der Waals surface area contributed by atoms with Crippen molar-refractivity contribution in [1.82, 2.24) is 9.80 Å². The van der Waals surface area contributed by atoms with E-state index in [1.807, 2.05) is 0 Å². The van der Waals surface area contributed by atoms with Gasteiger partial charge in [0.05, 0.1) is 7.11 Å². The summed E-state index contributed by atoms with van der Waals surface area (Å²) >= 11 is 0. The smallest absolute Gasteiger partial charge is 0.328 e. The van der Waals surface area contributed by atoms with Crippen molar-refractivity contribution in [3.8, 4) is 0 Å². The number of carbonyl (C=O) groups excluding carboxylic acids is 2. The summed E-state index contributed by atoms with van der Waals surface area (Å²) in [6.45, 7) is 0.886. The third kappa shape index (κ3) is 4.40. The lowest BCUT2D eigenvalue weighted by atomic mass is 10.0. The van der Waals surface area contributed by atoms with Crippen molar-refractivity contribution in [2.75, 3.05) is 27.2 Å². The molecule has 1 aliphatic heterocycles. The van der Waals surface area contributed by atoms with E-state index < -0.39 is 18.0 Å². The Labute approximate surface area is 118 Å². The molecule has 0 spiro atoms. The average molecular weight is 286 g/mol. The van der Waals surface area contributed by atoms with Gasteiger partial charge in [0, 0.05) is 26.6 Å². The van der Waals surface area contributed by atoms with E-state index >= 15 is 0 Å². The lowest BCUT2D eigenvalue weighted by molar-refractivity contribution is -0.147. The van der Waals surface area contributed by atoms with Gasteiger partial charge in [0.25, 0.3) is 0 Å². The third-order valence-electron chi connectivity index (χ3n) is 3.43. The first kappa shape index (κ1) is 16.3. The minimum absolute atomic E-state index is 0.0258. The van der Waals surface area contributed by atoms with Crippen LogP contribution in [-0.2, 0) is 14.3 Å². The van der Waals surface area contributed by atoms with Gasteiger partial charge in [0.15, 0.2) is 0 Å². The van der Waals surface area contributed by atoms with Crippen LogP contribution in [0, 0.1) is 0 Å². The summed E-state index contributed by atoms with van der Waals surface area (Å²) in [4.78, 5) is 37.4. The first-order valence-electron chi connectivity index (χ1n) is 6.78. The summed E-state index contributed by atoms with van der Waals surface area (Å²) in [6.07, 6.45) is 2.79. The Hall–Kier alpha value is -1.79. The quantitative estimate of drug-likeness (QED) is 0.760. The number of rotatable bonds is 5. The number of hydrogen-bond donors (Lipinski definition) is 1. The molecular formula is C13H22N2O5. The highest BCUT2D eigenvalue weighted by atomic mass is 16.5. The standard InChI is InChI=1S/C13H22N2O5/c1-14(8-5-7-11(16)17)13(19)15-9-4-3-6-10(15)12(18)20-2/h10H,3-9H2,1-2H3,(H,16,17). The number of hydrogen-bond acceptors (Lipinski definition) is 4. The van der Waals surface area contributed by atoms with Crippen LogP contribution in [0.15, 0.2) is 0 Å². The average Bonchev–Trinajstić information content (AvgIpc) is 2.45. The fraction of sp³-hybridized carbons (Fsp3) is 0.769. The van der Waals surface area contributed by atoms with Crippen LogP contribution in [0.25, 0.3) is 0 Å². The van der Waals surface area contributed by atoms with Gasteiger partial charge < -0.3 is 19.6 Å². The number of carbonyl (C=O) groups is 3. The van der Waals surface area contributed by atoms with Crippen LogP contribution < -0.4 is 0 Å². The topological polar surface area (TPSA) is 87.2 Å². The van der Waals surface area contributed by atoms with Gasteiger partial charge >= 0.3 is 18.0 Å². The number of esters is 1. The molecule has 1 saturated heterocycles. The first-order valence-corrected chi connectivity index (χ1v) is 6.78. The summed E-state index contributed by atoms with van der Waals surface area (Å²) in [5.74, 6) is -1.27. The summed E-state index contributed by atoms with van der Waals surface area (Å²) < 4.78 is 4.73. The molecule has 1 fully saturated rings. The van der Waals surface area contributed by atoms with Gasteiger partial charge in [0.2, 0.25) is 0 Å². The summed E-state index contributed by atoms with van der Waals surface area (Å²) in [5.41, 5.74) is 0. The molecule has 114 valence electrons. The van der Waals surface area contributed by atoms with Gasteiger partial charge in [0.1, 0.15) is 6.04 Å². The highest BCUT2D eigenvalue weighted by Gasteiger charge is 2.34. The fourth-order valence-corrected chi connectivity index (χ4v) is 2.32. The van der Waals surface area contributed by atoms with E-state index in [0.717, 1.165) is 12.8 Å². The highest BCUT2D eigenvalue weighted by Crippen LogP contribution is 2.19. The van der Waals surface area contributed by atoms with Gasteiger partial charge in [-0.15, -0.1) is 0 Å². The Bertz CT molecular complexity index is 372. The van der Waals surface area contributed by atoms with Crippen molar-refractivity contribution >= 4 is 18.0 Å². The molecule has 7 heteroatoms. The zero-order chi connectivity index (χ0) is 15.1. The number of aliphatic carboxylic acids is 1. The zero-order valence-electron chi connectivity index (χ0n) is 12.0. The van der Waals surface area contributed by atoms with E-state index in [4.69, 9.17) is 9.84 Å². The Morgan fingerprint density at radius 1 is 1.35 bits per heavy atom. The molecule has 1 rings (SSSR count). The number of methoxy groups -OCH3 is 1. The van der Waals surface area contributed by atoms with Gasteiger partial charge in [-0.2, -0.15) is 0 Å². The van der Waals surface area contributed by atoms with Crippen molar-refractivity contribution < 1.29 is 24.2 Å². The number of piperidine rings is 1. The molecule has 7 nitrogen and oxygen atoms in total. The number of nitrogens with zero attached hydrogens (tertiary/aromatic N) is 2. The summed E-state index contributed by atoms with van der Waals surface area (Å²) in [6, 6.07) is -0.770. The molecule has 0 aromatic heterocycles. The van der Waals surface area contributed by atoms with Crippen molar-refractivity contribution in [2.45, 2.75) is 38.1 Å². The van der Waals surface area contributed by atoms with E-state index in [2.05, 4.69) is 0 Å². The molecule has 0 saturated carbocycles. The van der Waals surface area contributed by atoms with E-state index in [0.29, 0.717) is 25.9 Å². The predicted octanol–water partition coefficient (Wildman–Crippen LogP) is 0.930. The number of carboxylic acid groups (broad SMARTS) is 1. The minimum atomic E-state index is -0.878. The number of likely N-dealkylation sites (tertiary alicyclic amines) is 1. The number of carboxylic acids is 1. The molecule has 0 aliphatic carbocycles. The molecular weight excluding hydrogens is 264 g/mol. The van der Waals surface area contributed by atoms with Crippen LogP contribution in [-0.4, -0.2) is 66.2 Å². The maximum Gasteiger partial charge on any atom is 0.328 e. The Balaban J connectivity index is 2.57. The normalized spacial score (nSPS) is 18.5. The van der Waals surface area contributed by atoms with Crippen molar-refractivity contribution in [2.24, 2.45) is 0 Å². The molecule has 0 aromatic rings. The van der Waals surface area contributed by atoms with E-state index in [-0.39, 0.29) is 12.5 Å². The van der Waals surface area contributed by atoms with Crippen LogP contribution in [0.5, 0.6) is 0 Å². The van der Waals surface area contributed by atoms with Crippen molar-refractivity contribution in [3.63, 3.8) is 0 Å². The second-order valence-electron chi connectivity index (χ2n) is 4.93. The van der Waals surface area contributed by atoms with Crippen molar-refractivity contribution in [3.05, 3.63) is 0 Å². The van der Waals surface area contributed by atoms with Crippen LogP contribution in [0.4, 0.5) is 4.79 Å². The monoisotopic (exact) mass is 286 g/mol. The summed E-state index contributed by atoms with van der Waals surface area (Å²) in [5, 5.41) is 8.59. The maximum atomic E-state index is 12.3. The molecule has 1 atom stereocenters. The molecule has 1 unspecified atom stereocenters. The molecule has 1 N–H and O–H groups in total. The molecule has 1 heterocycles. The second-order valence-corrected chi connectivity index (χ2v) is 4.93. The van der Waals surface area contributed by atoms with Gasteiger partial charge in [-0.05, 0) is 25.7 Å². The molecule has 1 aliphatic rings. The van der Waals surface area contributed by atoms with E-state index in [1.165, 1.54) is 16.9 Å². The second kappa shape index (κ2) is 7.72.